The zero-order chi connectivity index (χ0) is 11.6. The molecule has 0 amide bonds. The first-order valence-corrected chi connectivity index (χ1v) is 5.57. The molecule has 0 saturated heterocycles. The molecule has 0 saturated carbocycles. The minimum Gasteiger partial charge on any atom is -0.489 e. The minimum atomic E-state index is -0.0248. The summed E-state index contributed by atoms with van der Waals surface area (Å²) in [5, 5.41) is 0. The van der Waals surface area contributed by atoms with Crippen LogP contribution in [0.25, 0.3) is 0 Å². The Morgan fingerprint density at radius 2 is 2.07 bits per heavy atom. The van der Waals surface area contributed by atoms with Gasteiger partial charge in [-0.3, -0.25) is 4.79 Å². The van der Waals surface area contributed by atoms with E-state index >= 15 is 0 Å². The first kappa shape index (κ1) is 12.0. The minimum absolute atomic E-state index is 0.0172. The van der Waals surface area contributed by atoms with Crippen molar-refractivity contribution in [3.8, 4) is 0 Å². The zero-order valence-corrected chi connectivity index (χ0v) is 10.3. The maximum Gasteiger partial charge on any atom is 0.168 e. The molecular weight excluding hydrogens is 188 g/mol. The molecule has 0 bridgehead atoms. The van der Waals surface area contributed by atoms with Crippen molar-refractivity contribution < 1.29 is 9.53 Å². The molecule has 84 valence electrons. The lowest BCUT2D eigenvalue weighted by molar-refractivity contribution is -0.124. The van der Waals surface area contributed by atoms with Gasteiger partial charge in [-0.2, -0.15) is 0 Å². The van der Waals surface area contributed by atoms with Crippen LogP contribution in [0, 0.1) is 5.92 Å². The van der Waals surface area contributed by atoms with Crippen LogP contribution in [0.3, 0.4) is 0 Å². The summed E-state index contributed by atoms with van der Waals surface area (Å²) in [5.74, 6) is 0.975. The quantitative estimate of drug-likeness (QED) is 0.696. The summed E-state index contributed by atoms with van der Waals surface area (Å²) < 4.78 is 5.79. The molecule has 1 aliphatic heterocycles. The summed E-state index contributed by atoms with van der Waals surface area (Å²) in [6.45, 7) is 9.81. The third-order valence-electron chi connectivity index (χ3n) is 3.00. The monoisotopic (exact) mass is 208 g/mol. The van der Waals surface area contributed by atoms with Gasteiger partial charge in [0.2, 0.25) is 0 Å². The first-order valence-electron chi connectivity index (χ1n) is 5.57. The van der Waals surface area contributed by atoms with E-state index in [0.29, 0.717) is 0 Å². The van der Waals surface area contributed by atoms with Gasteiger partial charge in [-0.15, -0.1) is 0 Å². The molecule has 0 aromatic rings. The Balaban J connectivity index is 3.07. The van der Waals surface area contributed by atoms with Gasteiger partial charge in [0.25, 0.3) is 0 Å². The highest BCUT2D eigenvalue weighted by atomic mass is 16.5. The van der Waals surface area contributed by atoms with Crippen molar-refractivity contribution in [1.29, 1.82) is 0 Å². The van der Waals surface area contributed by atoms with Gasteiger partial charge in [-0.05, 0) is 32.8 Å². The summed E-state index contributed by atoms with van der Waals surface area (Å²) in [6.07, 6.45) is 3.04. The number of carbonyl (C=O) groups is 1. The summed E-state index contributed by atoms with van der Waals surface area (Å²) in [4.78, 5) is 11.9. The van der Waals surface area contributed by atoms with Gasteiger partial charge in [-0.25, -0.2) is 0 Å². The first-order chi connectivity index (χ1) is 6.99. The fraction of sp³-hybridized carbons (Fsp3) is 0.615. The van der Waals surface area contributed by atoms with Gasteiger partial charge in [0, 0.05) is 5.57 Å². The number of ether oxygens (including phenoxy) is 1. The van der Waals surface area contributed by atoms with E-state index in [1.54, 1.807) is 0 Å². The predicted octanol–water partition coefficient (Wildman–Crippen LogP) is 3.24. The molecule has 2 atom stereocenters. The number of hydrogen-bond acceptors (Lipinski definition) is 2. The normalized spacial score (nSPS) is 28.1. The highest BCUT2D eigenvalue weighted by molar-refractivity contribution is 5.98. The van der Waals surface area contributed by atoms with Crippen LogP contribution in [0.1, 0.15) is 41.0 Å². The molecule has 1 heterocycles. The molecule has 0 radical (unpaired) electrons. The lowest BCUT2D eigenvalue weighted by Crippen LogP contribution is -2.32. The van der Waals surface area contributed by atoms with Gasteiger partial charge in [0.05, 0.1) is 5.92 Å². The molecule has 0 N–H and O–H groups in total. The molecule has 0 aromatic carbocycles. The average molecular weight is 208 g/mol. The van der Waals surface area contributed by atoms with E-state index in [-0.39, 0.29) is 17.8 Å². The fourth-order valence-corrected chi connectivity index (χ4v) is 1.83. The lowest BCUT2D eigenvalue weighted by Gasteiger charge is -2.29. The van der Waals surface area contributed by atoms with Crippen LogP contribution < -0.4 is 0 Å². The summed E-state index contributed by atoms with van der Waals surface area (Å²) >= 11 is 0. The van der Waals surface area contributed by atoms with Crippen LogP contribution in [-0.4, -0.2) is 11.9 Å². The van der Waals surface area contributed by atoms with Crippen LogP contribution in [0.15, 0.2) is 23.0 Å². The molecule has 0 aromatic heterocycles. The number of ketones is 1. The fourth-order valence-electron chi connectivity index (χ4n) is 1.83. The Hall–Kier alpha value is -1.05. The van der Waals surface area contributed by atoms with Crippen LogP contribution in [0.2, 0.25) is 0 Å². The largest absolute Gasteiger partial charge is 0.489 e. The lowest BCUT2D eigenvalue weighted by atomic mass is 9.90. The molecule has 1 aliphatic rings. The Bertz CT molecular complexity index is 323. The Kier molecular flexibility index (Phi) is 3.72. The average Bonchev–Trinajstić information content (AvgIpc) is 2.20. The van der Waals surface area contributed by atoms with Gasteiger partial charge < -0.3 is 4.74 Å². The maximum atomic E-state index is 11.9. The van der Waals surface area contributed by atoms with Crippen molar-refractivity contribution in [2.45, 2.75) is 47.1 Å². The van der Waals surface area contributed by atoms with E-state index < -0.39 is 0 Å². The van der Waals surface area contributed by atoms with Crippen LogP contribution in [-0.2, 0) is 9.53 Å². The Morgan fingerprint density at radius 1 is 1.47 bits per heavy atom. The molecule has 2 unspecified atom stereocenters. The van der Waals surface area contributed by atoms with Crippen LogP contribution in [0.4, 0.5) is 0 Å². The van der Waals surface area contributed by atoms with Crippen LogP contribution in [0.5, 0.6) is 0 Å². The Morgan fingerprint density at radius 3 is 2.60 bits per heavy atom. The third kappa shape index (κ3) is 2.31. The van der Waals surface area contributed by atoms with Gasteiger partial charge in [0.15, 0.2) is 5.78 Å². The smallest absolute Gasteiger partial charge is 0.168 e. The second-order valence-electron chi connectivity index (χ2n) is 4.23. The maximum absolute atomic E-state index is 11.9. The number of Topliss-reactive ketones (excluding diaryl/α,β-unsaturated/α-hetero) is 1. The molecular formula is C13H20O2. The number of hydrogen-bond donors (Lipinski definition) is 0. The number of rotatable bonds is 2. The number of allylic oxidation sites excluding steroid dienone is 3. The third-order valence-corrected chi connectivity index (χ3v) is 3.00. The van der Waals surface area contributed by atoms with Crippen molar-refractivity contribution in [2.24, 2.45) is 5.92 Å². The summed E-state index contributed by atoms with van der Waals surface area (Å²) in [5.41, 5.74) is 1.84. The van der Waals surface area contributed by atoms with Crippen molar-refractivity contribution in [3.63, 3.8) is 0 Å². The molecule has 1 rings (SSSR count). The van der Waals surface area contributed by atoms with Gasteiger partial charge in [0.1, 0.15) is 11.9 Å². The van der Waals surface area contributed by atoms with E-state index in [9.17, 15) is 4.79 Å². The predicted molar refractivity (Wildman–Crippen MR) is 61.5 cm³/mol. The Labute approximate surface area is 92.0 Å². The summed E-state index contributed by atoms with van der Waals surface area (Å²) in [7, 11) is 0. The zero-order valence-electron chi connectivity index (χ0n) is 10.3. The highest BCUT2D eigenvalue weighted by Crippen LogP contribution is 2.29. The van der Waals surface area contributed by atoms with Crippen LogP contribution >= 0.6 is 0 Å². The van der Waals surface area contributed by atoms with E-state index in [2.05, 4.69) is 13.0 Å². The standard InChI is InChI=1S/C13H20O2/c1-6-7-8(2)13-10(4)12(14)9(3)11(5)15-13/h7,9,11H,6H2,1-5H3/b8-7+. The second kappa shape index (κ2) is 4.65. The van der Waals surface area contributed by atoms with E-state index in [1.165, 1.54) is 0 Å². The molecule has 0 fully saturated rings. The van der Waals surface area contributed by atoms with Gasteiger partial charge in [-0.1, -0.05) is 19.9 Å². The topological polar surface area (TPSA) is 26.3 Å². The number of carbonyl (C=O) groups excluding carboxylic acids is 1. The molecule has 0 spiro atoms. The van der Waals surface area contributed by atoms with Crippen molar-refractivity contribution >= 4 is 5.78 Å². The van der Waals surface area contributed by atoms with E-state index in [1.807, 2.05) is 27.7 Å². The molecule has 15 heavy (non-hydrogen) atoms. The van der Waals surface area contributed by atoms with Gasteiger partial charge >= 0.3 is 0 Å². The SMILES string of the molecule is CC/C=C(\C)C1=C(C)C(=O)C(C)C(C)O1. The van der Waals surface area contributed by atoms with E-state index in [0.717, 1.165) is 23.3 Å². The van der Waals surface area contributed by atoms with Crippen molar-refractivity contribution in [1.82, 2.24) is 0 Å². The summed E-state index contributed by atoms with van der Waals surface area (Å²) in [6, 6.07) is 0. The van der Waals surface area contributed by atoms with E-state index in [4.69, 9.17) is 4.74 Å². The molecule has 0 aliphatic carbocycles. The molecule has 2 nitrogen and oxygen atoms in total. The highest BCUT2D eigenvalue weighted by Gasteiger charge is 2.31. The second-order valence-corrected chi connectivity index (χ2v) is 4.23. The van der Waals surface area contributed by atoms with Crippen molar-refractivity contribution in [3.05, 3.63) is 23.0 Å². The van der Waals surface area contributed by atoms with Crippen molar-refractivity contribution in [2.75, 3.05) is 0 Å². The molecule has 2 heteroatoms.